The standard InChI is InChI=1S/C21H31N3OS/c1-23-14-11-22-21(23)20(25)17-9-12-24(13-10-17)15-18-7-8-19(26-18)16-5-3-2-4-6-16/h7-8,11,14,16-17,20,25H,2-6,9-10,12-13,15H2,1H3/t20-/m0/s1. The number of hydrogen-bond donors (Lipinski definition) is 1. The highest BCUT2D eigenvalue weighted by molar-refractivity contribution is 7.12. The van der Waals surface area contributed by atoms with Gasteiger partial charge in [-0.15, -0.1) is 11.3 Å². The summed E-state index contributed by atoms with van der Waals surface area (Å²) in [5.74, 6) is 1.95. The number of aliphatic hydroxyl groups is 1. The minimum absolute atomic E-state index is 0.327. The van der Waals surface area contributed by atoms with Crippen LogP contribution in [0, 0.1) is 5.92 Å². The molecule has 2 aromatic rings. The second-order valence-electron chi connectivity index (χ2n) is 8.09. The molecule has 1 saturated carbocycles. The molecule has 4 nitrogen and oxygen atoms in total. The molecule has 0 radical (unpaired) electrons. The number of aromatic nitrogens is 2. The molecule has 2 aromatic heterocycles. The van der Waals surface area contributed by atoms with Crippen molar-refractivity contribution in [1.29, 1.82) is 0 Å². The van der Waals surface area contributed by atoms with Gasteiger partial charge in [0.15, 0.2) is 0 Å². The number of piperidine rings is 1. The first kappa shape index (κ1) is 18.2. The van der Waals surface area contributed by atoms with Crippen LogP contribution >= 0.6 is 11.3 Å². The van der Waals surface area contributed by atoms with Crippen molar-refractivity contribution in [2.24, 2.45) is 13.0 Å². The van der Waals surface area contributed by atoms with Crippen molar-refractivity contribution in [3.05, 3.63) is 40.1 Å². The molecular weight excluding hydrogens is 342 g/mol. The first-order valence-corrected chi connectivity index (χ1v) is 11.0. The maximum absolute atomic E-state index is 10.6. The minimum Gasteiger partial charge on any atom is -0.385 e. The molecule has 0 unspecified atom stereocenters. The molecule has 4 rings (SSSR count). The maximum atomic E-state index is 10.6. The number of rotatable bonds is 5. The van der Waals surface area contributed by atoms with Crippen LogP contribution in [-0.2, 0) is 13.6 Å². The quantitative estimate of drug-likeness (QED) is 0.840. The van der Waals surface area contributed by atoms with Crippen molar-refractivity contribution in [2.75, 3.05) is 13.1 Å². The smallest absolute Gasteiger partial charge is 0.137 e. The SMILES string of the molecule is Cn1ccnc1[C@@H](O)C1CCN(Cc2ccc(C3CCCCC3)s2)CC1. The zero-order chi connectivity index (χ0) is 17.9. The van der Waals surface area contributed by atoms with E-state index in [1.54, 1.807) is 11.1 Å². The highest BCUT2D eigenvalue weighted by Gasteiger charge is 2.28. The molecule has 5 heteroatoms. The second-order valence-corrected chi connectivity index (χ2v) is 9.29. The van der Waals surface area contributed by atoms with E-state index in [9.17, 15) is 5.11 Å². The lowest BCUT2D eigenvalue weighted by molar-refractivity contribution is 0.0494. The molecule has 1 aliphatic carbocycles. The van der Waals surface area contributed by atoms with Gasteiger partial charge in [-0.3, -0.25) is 4.90 Å². The normalized spacial score (nSPS) is 21.9. The average molecular weight is 374 g/mol. The van der Waals surface area contributed by atoms with Crippen LogP contribution in [0.15, 0.2) is 24.5 Å². The fourth-order valence-corrected chi connectivity index (χ4v) is 5.83. The molecule has 26 heavy (non-hydrogen) atoms. The van der Waals surface area contributed by atoms with Gasteiger partial charge in [0.05, 0.1) is 0 Å². The van der Waals surface area contributed by atoms with Crippen LogP contribution in [0.2, 0.25) is 0 Å². The summed E-state index contributed by atoms with van der Waals surface area (Å²) >= 11 is 2.04. The molecule has 0 spiro atoms. The molecule has 0 aromatic carbocycles. The van der Waals surface area contributed by atoms with Crippen LogP contribution in [0.4, 0.5) is 0 Å². The Hall–Kier alpha value is -1.17. The summed E-state index contributed by atoms with van der Waals surface area (Å²) in [6, 6.07) is 4.73. The Labute approximate surface area is 160 Å². The Morgan fingerprint density at radius 1 is 1.15 bits per heavy atom. The summed E-state index contributed by atoms with van der Waals surface area (Å²) in [6.45, 7) is 3.22. The third-order valence-corrected chi connectivity index (χ3v) is 7.50. The maximum Gasteiger partial charge on any atom is 0.137 e. The predicted octanol–water partition coefficient (Wildman–Crippen LogP) is 4.47. The molecular formula is C21H31N3OS. The van der Waals surface area contributed by atoms with Crippen molar-refractivity contribution in [3.8, 4) is 0 Å². The molecule has 0 bridgehead atoms. The van der Waals surface area contributed by atoms with Crippen molar-refractivity contribution in [2.45, 2.75) is 63.5 Å². The number of aryl methyl sites for hydroxylation is 1. The summed E-state index contributed by atoms with van der Waals surface area (Å²) in [5.41, 5.74) is 0. The van der Waals surface area contributed by atoms with E-state index in [0.717, 1.165) is 44.2 Å². The molecule has 1 aliphatic heterocycles. The molecule has 2 fully saturated rings. The van der Waals surface area contributed by atoms with Crippen molar-refractivity contribution >= 4 is 11.3 Å². The fourth-order valence-electron chi connectivity index (χ4n) is 4.61. The highest BCUT2D eigenvalue weighted by Crippen LogP contribution is 2.37. The lowest BCUT2D eigenvalue weighted by Crippen LogP contribution is -2.35. The number of nitrogens with zero attached hydrogens (tertiary/aromatic N) is 3. The van der Waals surface area contributed by atoms with Crippen molar-refractivity contribution < 1.29 is 5.11 Å². The van der Waals surface area contributed by atoms with Crippen LogP contribution in [0.3, 0.4) is 0 Å². The van der Waals surface area contributed by atoms with Crippen LogP contribution in [0.5, 0.6) is 0 Å². The number of thiophene rings is 1. The molecule has 3 heterocycles. The van der Waals surface area contributed by atoms with Gasteiger partial charge >= 0.3 is 0 Å². The van der Waals surface area contributed by atoms with Crippen molar-refractivity contribution in [3.63, 3.8) is 0 Å². The average Bonchev–Trinajstić information content (AvgIpc) is 3.32. The molecule has 0 amide bonds. The van der Waals surface area contributed by atoms with Gasteiger partial charge in [0.1, 0.15) is 11.9 Å². The Bertz CT molecular complexity index is 696. The zero-order valence-electron chi connectivity index (χ0n) is 15.8. The summed E-state index contributed by atoms with van der Waals surface area (Å²) in [7, 11) is 1.96. The van der Waals surface area contributed by atoms with E-state index in [2.05, 4.69) is 22.0 Å². The highest BCUT2D eigenvalue weighted by atomic mass is 32.1. The molecule has 1 atom stereocenters. The van der Waals surface area contributed by atoms with E-state index in [4.69, 9.17) is 0 Å². The lowest BCUT2D eigenvalue weighted by atomic mass is 9.88. The fraction of sp³-hybridized carbons (Fsp3) is 0.667. The van der Waals surface area contributed by atoms with Crippen LogP contribution in [0.1, 0.15) is 72.5 Å². The predicted molar refractivity (Wildman–Crippen MR) is 106 cm³/mol. The van der Waals surface area contributed by atoms with Gasteiger partial charge < -0.3 is 9.67 Å². The van der Waals surface area contributed by atoms with E-state index in [1.807, 2.05) is 29.1 Å². The van der Waals surface area contributed by atoms with Gasteiger partial charge in [-0.05, 0) is 62.7 Å². The third-order valence-electron chi connectivity index (χ3n) is 6.27. The number of likely N-dealkylation sites (tertiary alicyclic amines) is 1. The first-order valence-electron chi connectivity index (χ1n) is 10.2. The molecule has 1 N–H and O–H groups in total. The summed E-state index contributed by atoms with van der Waals surface area (Å²) in [6.07, 6.45) is 12.4. The summed E-state index contributed by atoms with van der Waals surface area (Å²) in [5, 5.41) is 10.6. The van der Waals surface area contributed by atoms with E-state index >= 15 is 0 Å². The Morgan fingerprint density at radius 3 is 2.62 bits per heavy atom. The van der Waals surface area contributed by atoms with E-state index in [-0.39, 0.29) is 0 Å². The van der Waals surface area contributed by atoms with E-state index in [0.29, 0.717) is 5.92 Å². The van der Waals surface area contributed by atoms with E-state index in [1.165, 1.54) is 37.0 Å². The van der Waals surface area contributed by atoms with Crippen LogP contribution in [-0.4, -0.2) is 32.6 Å². The Balaban J connectivity index is 1.29. The van der Waals surface area contributed by atoms with Crippen molar-refractivity contribution in [1.82, 2.24) is 14.5 Å². The lowest BCUT2D eigenvalue weighted by Gasteiger charge is -2.33. The van der Waals surface area contributed by atoms with Crippen LogP contribution in [0.25, 0.3) is 0 Å². The monoisotopic (exact) mass is 373 g/mol. The van der Waals surface area contributed by atoms with Gasteiger partial charge in [-0.1, -0.05) is 19.3 Å². The summed E-state index contributed by atoms with van der Waals surface area (Å²) in [4.78, 5) is 10.00. The Kier molecular flexibility index (Phi) is 5.77. The number of imidazole rings is 1. The van der Waals surface area contributed by atoms with Gasteiger partial charge in [-0.25, -0.2) is 4.98 Å². The minimum atomic E-state index is -0.434. The zero-order valence-corrected chi connectivity index (χ0v) is 16.6. The van der Waals surface area contributed by atoms with E-state index < -0.39 is 6.10 Å². The number of hydrogen-bond acceptors (Lipinski definition) is 4. The van der Waals surface area contributed by atoms with Gasteiger partial charge in [-0.2, -0.15) is 0 Å². The van der Waals surface area contributed by atoms with Gasteiger partial charge in [0.25, 0.3) is 0 Å². The first-order chi connectivity index (χ1) is 12.7. The number of aliphatic hydroxyl groups excluding tert-OH is 1. The largest absolute Gasteiger partial charge is 0.385 e. The summed E-state index contributed by atoms with van der Waals surface area (Å²) < 4.78 is 1.94. The molecule has 1 saturated heterocycles. The molecule has 2 aliphatic rings. The Morgan fingerprint density at radius 2 is 1.92 bits per heavy atom. The second kappa shape index (κ2) is 8.24. The van der Waals surface area contributed by atoms with Gasteiger partial charge in [0, 0.05) is 35.7 Å². The van der Waals surface area contributed by atoms with Gasteiger partial charge in [0.2, 0.25) is 0 Å². The molecule has 142 valence electrons. The topological polar surface area (TPSA) is 41.3 Å². The van der Waals surface area contributed by atoms with Crippen LogP contribution < -0.4 is 0 Å². The third kappa shape index (κ3) is 4.05.